The Morgan fingerprint density at radius 3 is 2.63 bits per heavy atom. The number of aryl methyl sites for hydroxylation is 2. The van der Waals surface area contributed by atoms with Crippen LogP contribution in [-0.4, -0.2) is 10.2 Å². The van der Waals surface area contributed by atoms with E-state index in [4.69, 9.17) is 36.8 Å². The van der Waals surface area contributed by atoms with Gasteiger partial charge in [0.2, 0.25) is 0 Å². The summed E-state index contributed by atoms with van der Waals surface area (Å²) in [5.74, 6) is 1.46. The van der Waals surface area contributed by atoms with Crippen LogP contribution in [0.3, 0.4) is 0 Å². The van der Waals surface area contributed by atoms with E-state index >= 15 is 0 Å². The third-order valence-corrected chi connectivity index (χ3v) is 5.84. The summed E-state index contributed by atoms with van der Waals surface area (Å²) in [6.07, 6.45) is 0. The minimum atomic E-state index is -0.393. The summed E-state index contributed by atoms with van der Waals surface area (Å²) in [6.45, 7) is 3.91. The smallest absolute Gasteiger partial charge is 0.336 e. The average molecular weight is 463 g/mol. The molecule has 4 aromatic rings. The third kappa shape index (κ3) is 4.64. The SMILES string of the molecule is Cc1cc(OCc2nnc(SCc3ccc(Cl)cc3Cl)o2)cc2oc(=O)cc(C)c12. The lowest BCUT2D eigenvalue weighted by Crippen LogP contribution is -2.00. The minimum absolute atomic E-state index is 0.0935. The van der Waals surface area contributed by atoms with E-state index in [1.165, 1.54) is 17.8 Å². The fourth-order valence-electron chi connectivity index (χ4n) is 3.06. The standard InChI is InChI=1S/C21H16Cl2N2O4S/c1-11-5-15(8-17-20(11)12(2)6-19(26)28-17)27-9-18-24-25-21(29-18)30-10-13-3-4-14(22)7-16(13)23/h3-8H,9-10H2,1-2H3. The Labute approximate surface area is 186 Å². The first kappa shape index (κ1) is 20.8. The molecule has 2 aromatic carbocycles. The highest BCUT2D eigenvalue weighted by Gasteiger charge is 2.12. The van der Waals surface area contributed by atoms with E-state index in [9.17, 15) is 4.79 Å². The number of ether oxygens (including phenoxy) is 1. The van der Waals surface area contributed by atoms with E-state index in [2.05, 4.69) is 10.2 Å². The van der Waals surface area contributed by atoms with Crippen molar-refractivity contribution in [2.45, 2.75) is 31.4 Å². The number of hydrogen-bond donors (Lipinski definition) is 0. The van der Waals surface area contributed by atoms with Gasteiger partial charge in [-0.3, -0.25) is 0 Å². The number of benzene rings is 2. The molecule has 0 aliphatic heterocycles. The maximum Gasteiger partial charge on any atom is 0.336 e. The zero-order valence-electron chi connectivity index (χ0n) is 16.1. The number of nitrogens with zero attached hydrogens (tertiary/aromatic N) is 2. The van der Waals surface area contributed by atoms with Gasteiger partial charge in [0.25, 0.3) is 11.1 Å². The monoisotopic (exact) mass is 462 g/mol. The molecule has 2 aromatic heterocycles. The maximum atomic E-state index is 11.7. The van der Waals surface area contributed by atoms with Crippen molar-refractivity contribution in [1.29, 1.82) is 0 Å². The van der Waals surface area contributed by atoms with Crippen molar-refractivity contribution < 1.29 is 13.6 Å². The molecule has 0 bridgehead atoms. The van der Waals surface area contributed by atoms with E-state index in [0.29, 0.717) is 38.2 Å². The van der Waals surface area contributed by atoms with Crippen LogP contribution in [0.1, 0.15) is 22.6 Å². The quantitative estimate of drug-likeness (QED) is 0.257. The van der Waals surface area contributed by atoms with E-state index in [-0.39, 0.29) is 6.61 Å². The second-order valence-electron chi connectivity index (χ2n) is 6.64. The fourth-order valence-corrected chi connectivity index (χ4v) is 4.40. The molecule has 0 saturated heterocycles. The summed E-state index contributed by atoms with van der Waals surface area (Å²) >= 11 is 13.5. The molecule has 0 saturated carbocycles. The lowest BCUT2D eigenvalue weighted by atomic mass is 10.1. The molecule has 0 atom stereocenters. The van der Waals surface area contributed by atoms with Gasteiger partial charge in [-0.15, -0.1) is 10.2 Å². The molecule has 154 valence electrons. The predicted molar refractivity (Wildman–Crippen MR) is 117 cm³/mol. The molecule has 0 N–H and O–H groups in total. The Balaban J connectivity index is 1.42. The van der Waals surface area contributed by atoms with Crippen molar-refractivity contribution in [3.63, 3.8) is 0 Å². The first-order valence-electron chi connectivity index (χ1n) is 8.96. The predicted octanol–water partition coefficient (Wildman–Crippen LogP) is 5.97. The van der Waals surface area contributed by atoms with Gasteiger partial charge in [0.05, 0.1) is 0 Å². The van der Waals surface area contributed by atoms with Crippen LogP contribution in [0, 0.1) is 13.8 Å². The summed E-state index contributed by atoms with van der Waals surface area (Å²) in [5.41, 5.74) is 2.83. The highest BCUT2D eigenvalue weighted by molar-refractivity contribution is 7.98. The van der Waals surface area contributed by atoms with Gasteiger partial charge in [-0.25, -0.2) is 4.79 Å². The maximum absolute atomic E-state index is 11.7. The van der Waals surface area contributed by atoms with Crippen molar-refractivity contribution in [1.82, 2.24) is 10.2 Å². The number of fused-ring (bicyclic) bond motifs is 1. The van der Waals surface area contributed by atoms with Crippen LogP contribution in [0.2, 0.25) is 10.0 Å². The highest BCUT2D eigenvalue weighted by Crippen LogP contribution is 2.29. The van der Waals surface area contributed by atoms with Gasteiger partial charge in [0.15, 0.2) is 6.61 Å². The summed E-state index contributed by atoms with van der Waals surface area (Å²) in [6, 6.07) is 10.4. The lowest BCUT2D eigenvalue weighted by molar-refractivity contribution is 0.252. The molecular weight excluding hydrogens is 447 g/mol. The summed E-state index contributed by atoms with van der Waals surface area (Å²) in [7, 11) is 0. The number of thioether (sulfide) groups is 1. The van der Waals surface area contributed by atoms with Crippen molar-refractivity contribution >= 4 is 45.9 Å². The minimum Gasteiger partial charge on any atom is -0.484 e. The first-order chi connectivity index (χ1) is 14.4. The van der Waals surface area contributed by atoms with Crippen molar-refractivity contribution in [3.8, 4) is 5.75 Å². The van der Waals surface area contributed by atoms with Crippen LogP contribution < -0.4 is 10.4 Å². The molecule has 9 heteroatoms. The Morgan fingerprint density at radius 2 is 1.83 bits per heavy atom. The molecule has 6 nitrogen and oxygen atoms in total. The zero-order valence-corrected chi connectivity index (χ0v) is 18.4. The average Bonchev–Trinajstić information content (AvgIpc) is 3.12. The molecule has 0 aliphatic rings. The van der Waals surface area contributed by atoms with Crippen LogP contribution in [0.15, 0.2) is 55.2 Å². The fraction of sp³-hybridized carbons (Fsp3) is 0.190. The Bertz CT molecular complexity index is 1290. The molecule has 0 radical (unpaired) electrons. The molecule has 0 fully saturated rings. The first-order valence-corrected chi connectivity index (χ1v) is 10.7. The van der Waals surface area contributed by atoms with Crippen molar-refractivity contribution in [2.24, 2.45) is 0 Å². The summed E-state index contributed by atoms with van der Waals surface area (Å²) in [5, 5.41) is 10.5. The number of halogens is 2. The topological polar surface area (TPSA) is 78.4 Å². The van der Waals surface area contributed by atoms with E-state index in [1.807, 2.05) is 26.0 Å². The summed E-state index contributed by atoms with van der Waals surface area (Å²) < 4.78 is 16.7. The van der Waals surface area contributed by atoms with Gasteiger partial charge < -0.3 is 13.6 Å². The molecule has 0 aliphatic carbocycles. The van der Waals surface area contributed by atoms with Crippen LogP contribution in [0.4, 0.5) is 0 Å². The van der Waals surface area contributed by atoms with Crippen molar-refractivity contribution in [2.75, 3.05) is 0 Å². The van der Waals surface area contributed by atoms with E-state index in [0.717, 1.165) is 22.1 Å². The van der Waals surface area contributed by atoms with Gasteiger partial charge in [-0.05, 0) is 48.7 Å². The molecule has 30 heavy (non-hydrogen) atoms. The number of aromatic nitrogens is 2. The largest absolute Gasteiger partial charge is 0.484 e. The zero-order chi connectivity index (χ0) is 21.3. The Hall–Kier alpha value is -2.48. The van der Waals surface area contributed by atoms with E-state index < -0.39 is 5.63 Å². The van der Waals surface area contributed by atoms with Crippen LogP contribution in [0.25, 0.3) is 11.0 Å². The second-order valence-corrected chi connectivity index (χ2v) is 8.41. The van der Waals surface area contributed by atoms with Gasteiger partial charge in [0.1, 0.15) is 11.3 Å². The van der Waals surface area contributed by atoms with Crippen LogP contribution >= 0.6 is 35.0 Å². The normalized spacial score (nSPS) is 11.2. The van der Waals surface area contributed by atoms with Gasteiger partial charge in [-0.1, -0.05) is 41.0 Å². The van der Waals surface area contributed by atoms with Crippen LogP contribution in [0.5, 0.6) is 5.75 Å². The number of rotatable bonds is 6. The third-order valence-electron chi connectivity index (χ3n) is 4.39. The van der Waals surface area contributed by atoms with Gasteiger partial charge in [0, 0.05) is 33.3 Å². The second kappa shape index (κ2) is 8.71. The van der Waals surface area contributed by atoms with E-state index in [1.54, 1.807) is 18.2 Å². The lowest BCUT2D eigenvalue weighted by Gasteiger charge is -2.08. The molecule has 0 unspecified atom stereocenters. The molecular formula is C21H16Cl2N2O4S. The molecule has 4 rings (SSSR count). The molecule has 2 heterocycles. The summed E-state index contributed by atoms with van der Waals surface area (Å²) in [4.78, 5) is 11.7. The Morgan fingerprint density at radius 1 is 1.03 bits per heavy atom. The molecule has 0 amide bonds. The highest BCUT2D eigenvalue weighted by atomic mass is 35.5. The Kier molecular flexibility index (Phi) is 6.04. The van der Waals surface area contributed by atoms with Gasteiger partial charge >= 0.3 is 5.63 Å². The van der Waals surface area contributed by atoms with Gasteiger partial charge in [-0.2, -0.15) is 0 Å². The number of hydrogen-bond acceptors (Lipinski definition) is 7. The molecule has 0 spiro atoms. The van der Waals surface area contributed by atoms with Crippen molar-refractivity contribution in [3.05, 3.63) is 79.4 Å². The van der Waals surface area contributed by atoms with Crippen LogP contribution in [-0.2, 0) is 12.4 Å².